The van der Waals surface area contributed by atoms with E-state index in [1.807, 2.05) is 22.9 Å². The van der Waals surface area contributed by atoms with Gasteiger partial charge in [0.15, 0.2) is 0 Å². The Morgan fingerprint density at radius 2 is 2.06 bits per heavy atom. The summed E-state index contributed by atoms with van der Waals surface area (Å²) in [4.78, 5) is 0. The van der Waals surface area contributed by atoms with Gasteiger partial charge < -0.3 is 4.57 Å². The van der Waals surface area contributed by atoms with Gasteiger partial charge in [-0.05, 0) is 29.8 Å². The zero-order valence-corrected chi connectivity index (χ0v) is 9.83. The summed E-state index contributed by atoms with van der Waals surface area (Å²) in [5.41, 5.74) is 1.56. The summed E-state index contributed by atoms with van der Waals surface area (Å²) >= 11 is 11.9. The van der Waals surface area contributed by atoms with Crippen molar-refractivity contribution in [2.45, 2.75) is 6.54 Å². The second kappa shape index (κ2) is 4.61. The SMILES string of the molecule is N#Cc1cccn1Cc1ccc(Cl)cc1Cl. The monoisotopic (exact) mass is 250 g/mol. The molecule has 0 atom stereocenters. The molecule has 0 bridgehead atoms. The van der Waals surface area contributed by atoms with Crippen molar-refractivity contribution in [2.24, 2.45) is 0 Å². The third kappa shape index (κ3) is 2.21. The summed E-state index contributed by atoms with van der Waals surface area (Å²) < 4.78 is 1.84. The third-order valence-electron chi connectivity index (χ3n) is 2.30. The third-order valence-corrected chi connectivity index (χ3v) is 2.89. The summed E-state index contributed by atoms with van der Waals surface area (Å²) in [6, 6.07) is 11.1. The van der Waals surface area contributed by atoms with Crippen LogP contribution in [0.2, 0.25) is 10.0 Å². The summed E-state index contributed by atoms with van der Waals surface area (Å²) in [6.07, 6.45) is 1.85. The van der Waals surface area contributed by atoms with Gasteiger partial charge in [-0.25, -0.2) is 0 Å². The maximum absolute atomic E-state index is 8.87. The van der Waals surface area contributed by atoms with E-state index < -0.39 is 0 Å². The first-order valence-corrected chi connectivity index (χ1v) is 5.45. The molecule has 0 amide bonds. The molecule has 0 radical (unpaired) electrons. The fourth-order valence-electron chi connectivity index (χ4n) is 1.49. The average Bonchev–Trinajstić information content (AvgIpc) is 2.69. The second-order valence-electron chi connectivity index (χ2n) is 3.37. The maximum atomic E-state index is 8.87. The van der Waals surface area contributed by atoms with Gasteiger partial charge in [0.25, 0.3) is 0 Å². The lowest BCUT2D eigenvalue weighted by atomic mass is 10.2. The molecule has 2 rings (SSSR count). The number of nitriles is 1. The smallest absolute Gasteiger partial charge is 0.120 e. The summed E-state index contributed by atoms with van der Waals surface area (Å²) in [5, 5.41) is 10.1. The van der Waals surface area contributed by atoms with Crippen LogP contribution in [0.1, 0.15) is 11.3 Å². The topological polar surface area (TPSA) is 28.7 Å². The quantitative estimate of drug-likeness (QED) is 0.799. The Labute approximate surface area is 104 Å². The maximum Gasteiger partial charge on any atom is 0.120 e. The zero-order chi connectivity index (χ0) is 11.5. The van der Waals surface area contributed by atoms with E-state index >= 15 is 0 Å². The van der Waals surface area contributed by atoms with E-state index in [2.05, 4.69) is 6.07 Å². The molecular formula is C12H8Cl2N2. The van der Waals surface area contributed by atoms with Gasteiger partial charge in [0.2, 0.25) is 0 Å². The molecule has 0 aliphatic carbocycles. The second-order valence-corrected chi connectivity index (χ2v) is 4.21. The van der Waals surface area contributed by atoms with Crippen molar-refractivity contribution in [3.05, 3.63) is 57.8 Å². The van der Waals surface area contributed by atoms with Gasteiger partial charge in [-0.1, -0.05) is 29.3 Å². The summed E-state index contributed by atoms with van der Waals surface area (Å²) in [7, 11) is 0. The minimum absolute atomic E-state index is 0.575. The fraction of sp³-hybridized carbons (Fsp3) is 0.0833. The van der Waals surface area contributed by atoms with Crippen LogP contribution in [0.3, 0.4) is 0 Å². The molecule has 1 aromatic carbocycles. The number of hydrogen-bond acceptors (Lipinski definition) is 1. The normalized spacial score (nSPS) is 10.1. The van der Waals surface area contributed by atoms with Crippen molar-refractivity contribution in [1.82, 2.24) is 4.57 Å². The Morgan fingerprint density at radius 3 is 2.75 bits per heavy atom. The number of nitrogens with zero attached hydrogens (tertiary/aromatic N) is 2. The molecule has 0 aliphatic rings. The Bertz CT molecular complexity index is 552. The lowest BCUT2D eigenvalue weighted by Gasteiger charge is -2.07. The van der Waals surface area contributed by atoms with Crippen molar-refractivity contribution in [2.75, 3.05) is 0 Å². The predicted molar refractivity (Wildman–Crippen MR) is 64.7 cm³/mol. The van der Waals surface area contributed by atoms with E-state index in [1.54, 1.807) is 18.2 Å². The van der Waals surface area contributed by atoms with E-state index in [-0.39, 0.29) is 0 Å². The van der Waals surface area contributed by atoms with E-state index in [0.717, 1.165) is 5.56 Å². The molecule has 80 valence electrons. The molecule has 0 N–H and O–H groups in total. The highest BCUT2D eigenvalue weighted by molar-refractivity contribution is 6.35. The molecular weight excluding hydrogens is 243 g/mol. The van der Waals surface area contributed by atoms with Crippen LogP contribution in [-0.4, -0.2) is 4.57 Å². The molecule has 1 heterocycles. The van der Waals surface area contributed by atoms with Gasteiger partial charge in [0, 0.05) is 22.8 Å². The van der Waals surface area contributed by atoms with Crippen LogP contribution in [0, 0.1) is 11.3 Å². The van der Waals surface area contributed by atoms with Gasteiger partial charge >= 0.3 is 0 Å². The number of aromatic nitrogens is 1. The molecule has 2 aromatic rings. The van der Waals surface area contributed by atoms with Gasteiger partial charge in [-0.2, -0.15) is 5.26 Å². The first kappa shape index (κ1) is 11.1. The van der Waals surface area contributed by atoms with Crippen molar-refractivity contribution >= 4 is 23.2 Å². The van der Waals surface area contributed by atoms with Gasteiger partial charge in [-0.3, -0.25) is 0 Å². The molecule has 0 saturated carbocycles. The van der Waals surface area contributed by atoms with Gasteiger partial charge in [0.05, 0.1) is 0 Å². The average molecular weight is 251 g/mol. The van der Waals surface area contributed by atoms with E-state index in [9.17, 15) is 0 Å². The molecule has 0 spiro atoms. The molecule has 0 unspecified atom stereocenters. The Kier molecular flexibility index (Phi) is 3.19. The number of benzene rings is 1. The zero-order valence-electron chi connectivity index (χ0n) is 8.32. The van der Waals surface area contributed by atoms with Crippen LogP contribution in [0.5, 0.6) is 0 Å². The lowest BCUT2D eigenvalue weighted by Crippen LogP contribution is -2.01. The Balaban J connectivity index is 2.31. The molecule has 4 heteroatoms. The first-order chi connectivity index (χ1) is 7.70. The highest BCUT2D eigenvalue weighted by Crippen LogP contribution is 2.22. The number of hydrogen-bond donors (Lipinski definition) is 0. The van der Waals surface area contributed by atoms with Crippen LogP contribution in [0.15, 0.2) is 36.5 Å². The first-order valence-electron chi connectivity index (χ1n) is 4.70. The standard InChI is InChI=1S/C12H8Cl2N2/c13-10-4-3-9(12(14)6-10)8-16-5-1-2-11(16)7-15/h1-6H,8H2. The van der Waals surface area contributed by atoms with Crippen LogP contribution in [-0.2, 0) is 6.54 Å². The summed E-state index contributed by atoms with van der Waals surface area (Å²) in [5.74, 6) is 0. The minimum atomic E-state index is 0.575. The van der Waals surface area contributed by atoms with Crippen molar-refractivity contribution in [3.8, 4) is 6.07 Å². The van der Waals surface area contributed by atoms with Crippen LogP contribution in [0.4, 0.5) is 0 Å². The number of halogens is 2. The highest BCUT2D eigenvalue weighted by atomic mass is 35.5. The Morgan fingerprint density at radius 1 is 1.25 bits per heavy atom. The van der Waals surface area contributed by atoms with Crippen LogP contribution in [0.25, 0.3) is 0 Å². The molecule has 2 nitrogen and oxygen atoms in total. The fourth-order valence-corrected chi connectivity index (χ4v) is 1.96. The van der Waals surface area contributed by atoms with E-state index in [0.29, 0.717) is 22.3 Å². The van der Waals surface area contributed by atoms with Crippen molar-refractivity contribution in [3.63, 3.8) is 0 Å². The largest absolute Gasteiger partial charge is 0.335 e. The lowest BCUT2D eigenvalue weighted by molar-refractivity contribution is 0.794. The highest BCUT2D eigenvalue weighted by Gasteiger charge is 2.04. The van der Waals surface area contributed by atoms with Crippen molar-refractivity contribution in [1.29, 1.82) is 5.26 Å². The van der Waals surface area contributed by atoms with E-state index in [1.165, 1.54) is 0 Å². The molecule has 0 aliphatic heterocycles. The van der Waals surface area contributed by atoms with Gasteiger partial charge in [0.1, 0.15) is 11.8 Å². The van der Waals surface area contributed by atoms with Crippen molar-refractivity contribution < 1.29 is 0 Å². The molecule has 1 aromatic heterocycles. The van der Waals surface area contributed by atoms with E-state index in [4.69, 9.17) is 28.5 Å². The Hall–Kier alpha value is -1.43. The summed E-state index contributed by atoms with van der Waals surface area (Å²) in [6.45, 7) is 0.575. The molecule has 0 saturated heterocycles. The van der Waals surface area contributed by atoms with Crippen LogP contribution < -0.4 is 0 Å². The minimum Gasteiger partial charge on any atom is -0.335 e. The molecule has 0 fully saturated rings. The predicted octanol–water partition coefficient (Wildman–Crippen LogP) is 3.71. The van der Waals surface area contributed by atoms with Gasteiger partial charge in [-0.15, -0.1) is 0 Å². The number of rotatable bonds is 2. The van der Waals surface area contributed by atoms with Crippen LogP contribution >= 0.6 is 23.2 Å². The molecule has 16 heavy (non-hydrogen) atoms.